The number of piperidine rings is 1. The highest BCUT2D eigenvalue weighted by atomic mass is 16.2. The van der Waals surface area contributed by atoms with Crippen molar-refractivity contribution in [2.45, 2.75) is 57.0 Å². The van der Waals surface area contributed by atoms with Gasteiger partial charge >= 0.3 is 0 Å². The lowest BCUT2D eigenvalue weighted by Gasteiger charge is -2.35. The maximum absolute atomic E-state index is 12.9. The average Bonchev–Trinajstić information content (AvgIpc) is 3.40. The highest BCUT2D eigenvalue weighted by Crippen LogP contribution is 2.31. The van der Waals surface area contributed by atoms with Gasteiger partial charge in [-0.2, -0.15) is 5.10 Å². The zero-order valence-corrected chi connectivity index (χ0v) is 15.4. The van der Waals surface area contributed by atoms with Crippen molar-refractivity contribution in [3.8, 4) is 0 Å². The second kappa shape index (κ2) is 7.90. The fraction of sp³-hybridized carbons (Fsp3) is 0.500. The minimum atomic E-state index is -0.132. The van der Waals surface area contributed by atoms with Crippen LogP contribution in [0.3, 0.4) is 0 Å². The quantitative estimate of drug-likeness (QED) is 0.869. The first kappa shape index (κ1) is 17.7. The Kier molecular flexibility index (Phi) is 5.18. The maximum Gasteiger partial charge on any atom is 0.271 e. The van der Waals surface area contributed by atoms with Gasteiger partial charge in [0.1, 0.15) is 5.69 Å². The van der Waals surface area contributed by atoms with Crippen LogP contribution in [0.1, 0.15) is 77.5 Å². The van der Waals surface area contributed by atoms with Crippen LogP contribution < -0.4 is 5.32 Å². The predicted octanol–water partition coefficient (Wildman–Crippen LogP) is 2.84. The molecule has 27 heavy (non-hydrogen) atoms. The first-order valence-corrected chi connectivity index (χ1v) is 9.79. The number of nitrogens with one attached hydrogen (secondary N) is 2. The predicted molar refractivity (Wildman–Crippen MR) is 100 cm³/mol. The van der Waals surface area contributed by atoms with Gasteiger partial charge in [0.2, 0.25) is 0 Å². The van der Waals surface area contributed by atoms with Crippen molar-refractivity contribution in [2.75, 3.05) is 6.54 Å². The van der Waals surface area contributed by atoms with Gasteiger partial charge in [0.15, 0.2) is 0 Å². The Morgan fingerprint density at radius 1 is 1.07 bits per heavy atom. The topological polar surface area (TPSA) is 91.0 Å². The Balaban J connectivity index is 1.50. The van der Waals surface area contributed by atoms with Gasteiger partial charge in [-0.1, -0.05) is 12.8 Å². The van der Waals surface area contributed by atoms with Crippen LogP contribution in [-0.2, 0) is 0 Å². The molecule has 3 heterocycles. The Morgan fingerprint density at radius 2 is 1.81 bits per heavy atom. The summed E-state index contributed by atoms with van der Waals surface area (Å²) in [6, 6.07) is 5.45. The van der Waals surface area contributed by atoms with E-state index in [1.165, 1.54) is 12.8 Å². The summed E-state index contributed by atoms with van der Waals surface area (Å²) in [5.74, 6) is -0.138. The average molecular weight is 367 g/mol. The first-order chi connectivity index (χ1) is 13.2. The summed E-state index contributed by atoms with van der Waals surface area (Å²) in [6.07, 6.45) is 10.6. The molecule has 2 aromatic heterocycles. The van der Waals surface area contributed by atoms with Gasteiger partial charge in [-0.25, -0.2) is 0 Å². The van der Waals surface area contributed by atoms with E-state index < -0.39 is 0 Å². The number of carbonyl (C=O) groups excluding carboxylic acids is 2. The molecule has 7 nitrogen and oxygen atoms in total. The number of carbonyl (C=O) groups is 2. The van der Waals surface area contributed by atoms with E-state index in [1.807, 2.05) is 4.90 Å². The lowest BCUT2D eigenvalue weighted by Crippen LogP contribution is -2.38. The zero-order chi connectivity index (χ0) is 18.6. The summed E-state index contributed by atoms with van der Waals surface area (Å²) in [5, 5.41) is 10.3. The monoisotopic (exact) mass is 367 g/mol. The Bertz CT molecular complexity index is 798. The molecule has 2 amide bonds. The third-order valence-electron chi connectivity index (χ3n) is 5.57. The number of aromatic nitrogens is 3. The van der Waals surface area contributed by atoms with Crippen molar-refractivity contribution in [3.63, 3.8) is 0 Å². The molecule has 1 aliphatic carbocycles. The fourth-order valence-electron chi connectivity index (χ4n) is 4.11. The number of H-pyrrole nitrogens is 1. The SMILES string of the molecule is O=C(NC1CCCC1)c1cc([C@H]2CCCCN2C(=O)c2ccncc2)[nH]n1. The van der Waals surface area contributed by atoms with Crippen LogP contribution in [0.2, 0.25) is 0 Å². The minimum Gasteiger partial charge on any atom is -0.348 e. The van der Waals surface area contributed by atoms with Gasteiger partial charge in [-0.15, -0.1) is 0 Å². The molecule has 1 aliphatic heterocycles. The molecule has 0 radical (unpaired) electrons. The second-order valence-electron chi connectivity index (χ2n) is 7.41. The molecule has 0 aromatic carbocycles. The van der Waals surface area contributed by atoms with Gasteiger partial charge in [-0.05, 0) is 50.3 Å². The third kappa shape index (κ3) is 3.86. The van der Waals surface area contributed by atoms with Crippen LogP contribution in [0.15, 0.2) is 30.6 Å². The number of aromatic amines is 1. The molecule has 1 saturated carbocycles. The van der Waals surface area contributed by atoms with E-state index in [4.69, 9.17) is 0 Å². The van der Waals surface area contributed by atoms with Crippen LogP contribution in [0.4, 0.5) is 0 Å². The highest BCUT2D eigenvalue weighted by Gasteiger charge is 2.30. The largest absolute Gasteiger partial charge is 0.348 e. The zero-order valence-electron chi connectivity index (χ0n) is 15.4. The van der Waals surface area contributed by atoms with E-state index >= 15 is 0 Å². The lowest BCUT2D eigenvalue weighted by molar-refractivity contribution is 0.0606. The maximum atomic E-state index is 12.9. The van der Waals surface area contributed by atoms with Crippen molar-refractivity contribution in [1.29, 1.82) is 0 Å². The smallest absolute Gasteiger partial charge is 0.271 e. The summed E-state index contributed by atoms with van der Waals surface area (Å²) in [4.78, 5) is 31.3. The van der Waals surface area contributed by atoms with E-state index in [0.717, 1.165) is 37.8 Å². The van der Waals surface area contributed by atoms with Crippen molar-refractivity contribution in [3.05, 3.63) is 47.5 Å². The van der Waals surface area contributed by atoms with Crippen LogP contribution in [0.25, 0.3) is 0 Å². The number of hydrogen-bond acceptors (Lipinski definition) is 4. The number of likely N-dealkylation sites (tertiary alicyclic amines) is 1. The van der Waals surface area contributed by atoms with Gasteiger partial charge in [-0.3, -0.25) is 19.7 Å². The number of amides is 2. The summed E-state index contributed by atoms with van der Waals surface area (Å²) in [6.45, 7) is 0.703. The third-order valence-corrected chi connectivity index (χ3v) is 5.57. The molecule has 4 rings (SSSR count). The second-order valence-corrected chi connectivity index (χ2v) is 7.41. The van der Waals surface area contributed by atoms with Crippen molar-refractivity contribution in [2.24, 2.45) is 0 Å². The van der Waals surface area contributed by atoms with Crippen LogP contribution in [-0.4, -0.2) is 44.5 Å². The minimum absolute atomic E-state index is 0.00587. The molecule has 2 fully saturated rings. The number of pyridine rings is 1. The number of hydrogen-bond donors (Lipinski definition) is 2. The van der Waals surface area contributed by atoms with Crippen LogP contribution in [0, 0.1) is 0 Å². The molecule has 1 atom stereocenters. The van der Waals surface area contributed by atoms with E-state index in [9.17, 15) is 9.59 Å². The molecule has 0 spiro atoms. The van der Waals surface area contributed by atoms with Crippen LogP contribution >= 0.6 is 0 Å². The summed E-state index contributed by atoms with van der Waals surface area (Å²) >= 11 is 0. The van der Waals surface area contributed by atoms with Gasteiger partial charge in [0.25, 0.3) is 11.8 Å². The summed E-state index contributed by atoms with van der Waals surface area (Å²) < 4.78 is 0. The number of nitrogens with zero attached hydrogens (tertiary/aromatic N) is 3. The molecular formula is C20H25N5O2. The molecule has 7 heteroatoms. The molecule has 1 saturated heterocycles. The molecule has 142 valence electrons. The van der Waals surface area contributed by atoms with E-state index in [1.54, 1.807) is 30.6 Å². The highest BCUT2D eigenvalue weighted by molar-refractivity contribution is 5.94. The van der Waals surface area contributed by atoms with E-state index in [-0.39, 0.29) is 23.9 Å². The standard InChI is InChI=1S/C20H25N5O2/c26-19(22-15-5-1-2-6-15)17-13-16(23-24-17)18-7-3-4-12-25(18)20(27)14-8-10-21-11-9-14/h8-11,13,15,18H,1-7,12H2,(H,22,26)(H,23,24)/t18-/m1/s1. The summed E-state index contributed by atoms with van der Waals surface area (Å²) in [7, 11) is 0. The van der Waals surface area contributed by atoms with Crippen molar-refractivity contribution in [1.82, 2.24) is 25.4 Å². The Morgan fingerprint density at radius 3 is 2.59 bits per heavy atom. The molecular weight excluding hydrogens is 342 g/mol. The van der Waals surface area contributed by atoms with Crippen molar-refractivity contribution >= 4 is 11.8 Å². The van der Waals surface area contributed by atoms with Crippen LogP contribution in [0.5, 0.6) is 0 Å². The Labute approximate surface area is 158 Å². The lowest BCUT2D eigenvalue weighted by atomic mass is 9.98. The van der Waals surface area contributed by atoms with Gasteiger partial charge in [0, 0.05) is 30.5 Å². The van der Waals surface area contributed by atoms with E-state index in [2.05, 4.69) is 20.5 Å². The molecule has 0 unspecified atom stereocenters. The van der Waals surface area contributed by atoms with E-state index in [0.29, 0.717) is 17.8 Å². The molecule has 2 N–H and O–H groups in total. The number of rotatable bonds is 4. The van der Waals surface area contributed by atoms with Gasteiger partial charge < -0.3 is 10.2 Å². The molecule has 0 bridgehead atoms. The summed E-state index contributed by atoms with van der Waals surface area (Å²) in [5.41, 5.74) is 1.86. The molecule has 2 aliphatic rings. The fourth-order valence-corrected chi connectivity index (χ4v) is 4.11. The van der Waals surface area contributed by atoms with Gasteiger partial charge in [0.05, 0.1) is 11.7 Å². The normalized spacial score (nSPS) is 20.6. The first-order valence-electron chi connectivity index (χ1n) is 9.79. The molecule has 2 aromatic rings. The van der Waals surface area contributed by atoms with Crippen molar-refractivity contribution < 1.29 is 9.59 Å². The Hall–Kier alpha value is -2.70.